The summed E-state index contributed by atoms with van der Waals surface area (Å²) in [6.07, 6.45) is 3.44. The van der Waals surface area contributed by atoms with E-state index in [2.05, 4.69) is 50.4 Å². The molecule has 0 radical (unpaired) electrons. The van der Waals surface area contributed by atoms with Crippen LogP contribution in [0.15, 0.2) is 48.5 Å². The molecule has 328 valence electrons. The van der Waals surface area contributed by atoms with Gasteiger partial charge in [0.25, 0.3) is 0 Å². The van der Waals surface area contributed by atoms with E-state index in [1.54, 1.807) is 4.90 Å². The summed E-state index contributed by atoms with van der Waals surface area (Å²) in [5.41, 5.74) is 4.60. The molecule has 60 heavy (non-hydrogen) atoms. The Labute approximate surface area is 353 Å². The first kappa shape index (κ1) is 46.2. The number of rotatable bonds is 16. The monoisotopic (exact) mass is 832 g/mol. The maximum Gasteiger partial charge on any atom is 0.322 e. The third-order valence-electron chi connectivity index (χ3n) is 12.3. The van der Waals surface area contributed by atoms with Gasteiger partial charge in [-0.25, -0.2) is 0 Å². The van der Waals surface area contributed by atoms with Gasteiger partial charge in [-0.15, -0.1) is 0 Å². The van der Waals surface area contributed by atoms with Crippen molar-refractivity contribution in [1.82, 2.24) is 31.1 Å². The van der Waals surface area contributed by atoms with E-state index >= 15 is 0 Å². The van der Waals surface area contributed by atoms with E-state index in [-0.39, 0.29) is 55.4 Å². The van der Waals surface area contributed by atoms with E-state index in [0.717, 1.165) is 28.7 Å². The molecule has 15 nitrogen and oxygen atoms in total. The molecule has 0 unspecified atom stereocenters. The minimum atomic E-state index is -1.45. The zero-order valence-electron chi connectivity index (χ0n) is 35.7. The summed E-state index contributed by atoms with van der Waals surface area (Å²) < 4.78 is 6.11. The lowest BCUT2D eigenvalue weighted by atomic mass is 9.94. The van der Waals surface area contributed by atoms with Crippen LogP contribution < -0.4 is 21.3 Å². The molecule has 1 aliphatic carbocycles. The topological polar surface area (TPSA) is 207 Å². The molecular formula is C45H64N6O9. The number of esters is 1. The van der Waals surface area contributed by atoms with E-state index in [1.807, 2.05) is 58.9 Å². The highest BCUT2D eigenvalue weighted by atomic mass is 16.5. The smallest absolute Gasteiger partial charge is 0.322 e. The van der Waals surface area contributed by atoms with E-state index in [1.165, 1.54) is 0 Å². The van der Waals surface area contributed by atoms with Crippen LogP contribution in [0.25, 0.3) is 11.1 Å². The van der Waals surface area contributed by atoms with Crippen molar-refractivity contribution < 1.29 is 43.7 Å². The molecule has 2 fully saturated rings. The standard InChI is InChI=1S/C45H64N6O9/c1-6-28(4)40(43(57)49-37(25-52)42(56)48-36(22-27(2)3)41(55)47-24-39(53)54)51-20-12-11-14-30(23-46-29(5)50-21-13-19-38(50)44(51)58)45(59)60-26-35-33-17-9-7-15-31(33)32-16-8-10-18-34(32)35/h7-10,15-18,27-30,35-38,40,46,52H,6,11-14,19-26H2,1-5H3,(H,47,55)(H,48,56)(H,49,57)(H,53,54)/t28-,29+,30+,36+,37+,38+,40+/m1/s1. The highest BCUT2D eigenvalue weighted by Crippen LogP contribution is 2.44. The Bertz CT molecular complexity index is 1790. The Morgan fingerprint density at radius 1 is 0.867 bits per heavy atom. The summed E-state index contributed by atoms with van der Waals surface area (Å²) in [6, 6.07) is 12.4. The third-order valence-corrected chi connectivity index (χ3v) is 12.3. The van der Waals surface area contributed by atoms with Crippen LogP contribution in [0.3, 0.4) is 0 Å². The van der Waals surface area contributed by atoms with Gasteiger partial charge < -0.3 is 41.1 Å². The Morgan fingerprint density at radius 3 is 2.13 bits per heavy atom. The summed E-state index contributed by atoms with van der Waals surface area (Å²) in [6.45, 7) is 9.54. The second-order valence-electron chi connectivity index (χ2n) is 16.9. The van der Waals surface area contributed by atoms with Crippen molar-refractivity contribution in [3.05, 3.63) is 59.7 Å². The number of carboxylic acid groups (broad SMARTS) is 1. The van der Waals surface area contributed by atoms with Crippen LogP contribution in [-0.4, -0.2) is 125 Å². The van der Waals surface area contributed by atoms with Gasteiger partial charge in [0.05, 0.1) is 24.7 Å². The minimum Gasteiger partial charge on any atom is -0.480 e. The molecule has 2 saturated heterocycles. The number of hydrogen-bond acceptors (Lipinski definition) is 10. The fraction of sp³-hybridized carbons (Fsp3) is 0.600. The first-order valence-electron chi connectivity index (χ1n) is 21.6. The number of nitrogens with zero attached hydrogens (tertiary/aromatic N) is 2. The first-order valence-corrected chi connectivity index (χ1v) is 21.6. The first-order chi connectivity index (χ1) is 28.7. The molecule has 5 rings (SSSR count). The number of carboxylic acids is 1. The number of carbonyl (C=O) groups is 6. The molecule has 0 spiro atoms. The molecule has 2 aromatic carbocycles. The Balaban J connectivity index is 1.30. The van der Waals surface area contributed by atoms with Gasteiger partial charge in [0.2, 0.25) is 23.6 Å². The molecule has 7 atom stereocenters. The zero-order valence-corrected chi connectivity index (χ0v) is 35.7. The van der Waals surface area contributed by atoms with Gasteiger partial charge in [-0.1, -0.05) is 89.1 Å². The van der Waals surface area contributed by atoms with E-state index < -0.39 is 66.9 Å². The van der Waals surface area contributed by atoms with Crippen molar-refractivity contribution in [1.29, 1.82) is 0 Å². The molecule has 0 aromatic heterocycles. The average Bonchev–Trinajstić information content (AvgIpc) is 3.85. The predicted octanol–water partition coefficient (Wildman–Crippen LogP) is 2.99. The quantitative estimate of drug-likeness (QED) is 0.136. The lowest BCUT2D eigenvalue weighted by Crippen LogP contribution is -2.62. The SMILES string of the molecule is CC[C@@H](C)[C@@H](C(=O)N[C@@H](CO)C(=O)N[C@@H](CC(C)C)C(=O)NCC(=O)O)N1CCCC[C@H](C(=O)OCC2c3ccccc3-c3ccccc32)CN[C@H](C)N2CCC[C@H]2C1=O. The molecule has 15 heteroatoms. The van der Waals surface area contributed by atoms with Crippen LogP contribution in [0.5, 0.6) is 0 Å². The van der Waals surface area contributed by atoms with Gasteiger partial charge in [-0.3, -0.25) is 33.7 Å². The van der Waals surface area contributed by atoms with Gasteiger partial charge in [0.15, 0.2) is 0 Å². The maximum atomic E-state index is 14.6. The second-order valence-corrected chi connectivity index (χ2v) is 16.9. The molecule has 2 aromatic rings. The van der Waals surface area contributed by atoms with E-state index in [4.69, 9.17) is 9.84 Å². The van der Waals surface area contributed by atoms with Gasteiger partial charge in [0, 0.05) is 25.6 Å². The van der Waals surface area contributed by atoms with Crippen molar-refractivity contribution in [3.8, 4) is 11.1 Å². The summed E-state index contributed by atoms with van der Waals surface area (Å²) in [5.74, 6) is -4.71. The fourth-order valence-electron chi connectivity index (χ4n) is 8.87. The van der Waals surface area contributed by atoms with Gasteiger partial charge in [-0.05, 0) is 73.1 Å². The highest BCUT2D eigenvalue weighted by molar-refractivity contribution is 5.95. The average molecular weight is 833 g/mol. The number of amides is 4. The molecule has 6 N–H and O–H groups in total. The van der Waals surface area contributed by atoms with Crippen LogP contribution in [-0.2, 0) is 33.5 Å². The van der Waals surface area contributed by atoms with Crippen molar-refractivity contribution in [2.24, 2.45) is 17.8 Å². The Hall–Kier alpha value is -4.86. The lowest BCUT2D eigenvalue weighted by Gasteiger charge is -2.40. The van der Waals surface area contributed by atoms with Crippen LogP contribution in [0.2, 0.25) is 0 Å². The number of nitrogens with one attached hydrogen (secondary N) is 4. The minimum absolute atomic E-state index is 0.0509. The van der Waals surface area contributed by atoms with Crippen molar-refractivity contribution in [2.75, 3.05) is 39.4 Å². The predicted molar refractivity (Wildman–Crippen MR) is 225 cm³/mol. The second kappa shape index (κ2) is 21.6. The van der Waals surface area contributed by atoms with Gasteiger partial charge >= 0.3 is 11.9 Å². The highest BCUT2D eigenvalue weighted by Gasteiger charge is 2.43. The van der Waals surface area contributed by atoms with E-state index in [9.17, 15) is 33.9 Å². The number of aliphatic hydroxyl groups is 1. The fourth-order valence-corrected chi connectivity index (χ4v) is 8.87. The molecular weight excluding hydrogens is 769 g/mol. The molecule has 2 aliphatic heterocycles. The number of carbonyl (C=O) groups excluding carboxylic acids is 5. The number of hydrogen-bond donors (Lipinski definition) is 6. The molecule has 2 heterocycles. The summed E-state index contributed by atoms with van der Waals surface area (Å²) in [7, 11) is 0. The van der Waals surface area contributed by atoms with Crippen LogP contribution in [0, 0.1) is 17.8 Å². The Morgan fingerprint density at radius 2 is 1.52 bits per heavy atom. The maximum absolute atomic E-state index is 14.6. The molecule has 3 aliphatic rings. The van der Waals surface area contributed by atoms with Gasteiger partial charge in [0.1, 0.15) is 31.3 Å². The zero-order chi connectivity index (χ0) is 43.5. The van der Waals surface area contributed by atoms with Crippen molar-refractivity contribution >= 4 is 35.6 Å². The number of aliphatic carboxylic acids is 1. The number of benzene rings is 2. The van der Waals surface area contributed by atoms with Crippen LogP contribution in [0.1, 0.15) is 96.6 Å². The summed E-state index contributed by atoms with van der Waals surface area (Å²) >= 11 is 0. The molecule has 0 saturated carbocycles. The number of fused-ring (bicyclic) bond motifs is 4. The summed E-state index contributed by atoms with van der Waals surface area (Å²) in [5, 5.41) is 30.4. The lowest BCUT2D eigenvalue weighted by molar-refractivity contribution is -0.150. The number of aliphatic hydroxyl groups excluding tert-OH is 1. The van der Waals surface area contributed by atoms with E-state index in [0.29, 0.717) is 45.2 Å². The third kappa shape index (κ3) is 11.3. The van der Waals surface area contributed by atoms with Crippen LogP contribution in [0.4, 0.5) is 0 Å². The van der Waals surface area contributed by atoms with Crippen molar-refractivity contribution in [2.45, 2.75) is 116 Å². The molecule has 4 amide bonds. The summed E-state index contributed by atoms with van der Waals surface area (Å²) in [4.78, 5) is 83.9. The Kier molecular flexibility index (Phi) is 16.6. The van der Waals surface area contributed by atoms with Crippen LogP contribution >= 0.6 is 0 Å². The van der Waals surface area contributed by atoms with Crippen molar-refractivity contribution in [3.63, 3.8) is 0 Å². The van der Waals surface area contributed by atoms with Gasteiger partial charge in [-0.2, -0.15) is 0 Å². The molecule has 0 bridgehead atoms. The largest absolute Gasteiger partial charge is 0.480 e. The normalized spacial score (nSPS) is 21.9. The number of ether oxygens (including phenoxy) is 1.